The van der Waals surface area contributed by atoms with Crippen LogP contribution in [0.25, 0.3) is 10.9 Å². The number of halogens is 1. The molecule has 0 aliphatic rings. The lowest BCUT2D eigenvalue weighted by Crippen LogP contribution is -2.26. The highest BCUT2D eigenvalue weighted by Gasteiger charge is 2.15. The molecule has 0 radical (unpaired) electrons. The van der Waals surface area contributed by atoms with Crippen molar-refractivity contribution in [3.05, 3.63) is 57.8 Å². The van der Waals surface area contributed by atoms with Gasteiger partial charge in [-0.05, 0) is 48.4 Å². The van der Waals surface area contributed by atoms with Gasteiger partial charge in [0.05, 0.1) is 23.8 Å². The van der Waals surface area contributed by atoms with Crippen molar-refractivity contribution in [3.63, 3.8) is 0 Å². The Kier molecular flexibility index (Phi) is 6.82. The molecule has 0 saturated carbocycles. The molecule has 1 N–H and O–H groups in total. The fourth-order valence-electron chi connectivity index (χ4n) is 2.81. The second-order valence-corrected chi connectivity index (χ2v) is 8.31. The van der Waals surface area contributed by atoms with Gasteiger partial charge in [0, 0.05) is 17.3 Å². The number of hydrogen-bond donors (Lipinski definition) is 1. The predicted molar refractivity (Wildman–Crippen MR) is 118 cm³/mol. The number of methoxy groups -OCH3 is 1. The number of benzene rings is 2. The van der Waals surface area contributed by atoms with Crippen molar-refractivity contribution in [3.8, 4) is 5.75 Å². The smallest absolute Gasteiger partial charge is 0.262 e. The first-order valence-corrected chi connectivity index (χ1v) is 10.5. The molecule has 0 aliphatic heterocycles. The zero-order valence-corrected chi connectivity index (χ0v) is 18.0. The molecular formula is C21H22ClN3O3S. The maximum atomic E-state index is 13.0. The van der Waals surface area contributed by atoms with Gasteiger partial charge >= 0.3 is 0 Å². The SMILES string of the molecule is COc1ccc(NC(=O)CSc2nc3ccc(Cl)cc3c(=O)n2CC(C)C)cc1. The third kappa shape index (κ3) is 5.31. The van der Waals surface area contributed by atoms with Crippen LogP contribution in [0.2, 0.25) is 5.02 Å². The quantitative estimate of drug-likeness (QED) is 0.442. The Morgan fingerprint density at radius 1 is 1.24 bits per heavy atom. The number of carbonyl (C=O) groups excluding carboxylic acids is 1. The average molecular weight is 432 g/mol. The third-order valence-corrected chi connectivity index (χ3v) is 5.35. The van der Waals surface area contributed by atoms with Gasteiger partial charge < -0.3 is 10.1 Å². The van der Waals surface area contributed by atoms with Gasteiger partial charge in [-0.15, -0.1) is 0 Å². The highest BCUT2D eigenvalue weighted by molar-refractivity contribution is 7.99. The van der Waals surface area contributed by atoms with Gasteiger partial charge in [-0.1, -0.05) is 37.2 Å². The fourth-order valence-corrected chi connectivity index (χ4v) is 3.79. The van der Waals surface area contributed by atoms with Crippen molar-refractivity contribution < 1.29 is 9.53 Å². The van der Waals surface area contributed by atoms with Gasteiger partial charge in [-0.3, -0.25) is 14.2 Å². The number of hydrogen-bond acceptors (Lipinski definition) is 5. The number of aromatic nitrogens is 2. The largest absolute Gasteiger partial charge is 0.497 e. The van der Waals surface area contributed by atoms with Crippen molar-refractivity contribution in [1.82, 2.24) is 9.55 Å². The predicted octanol–water partition coefficient (Wildman–Crippen LogP) is 4.45. The molecule has 0 unspecified atom stereocenters. The molecule has 0 atom stereocenters. The van der Waals surface area contributed by atoms with E-state index in [1.807, 2.05) is 13.8 Å². The van der Waals surface area contributed by atoms with Crippen LogP contribution in [-0.2, 0) is 11.3 Å². The highest BCUT2D eigenvalue weighted by Crippen LogP contribution is 2.22. The Bertz CT molecular complexity index is 1080. The summed E-state index contributed by atoms with van der Waals surface area (Å²) in [5, 5.41) is 4.32. The number of carbonyl (C=O) groups is 1. The van der Waals surface area contributed by atoms with Crippen molar-refractivity contribution in [2.24, 2.45) is 5.92 Å². The molecule has 152 valence electrons. The normalized spacial score (nSPS) is 11.1. The summed E-state index contributed by atoms with van der Waals surface area (Å²) >= 11 is 7.28. The summed E-state index contributed by atoms with van der Waals surface area (Å²) in [5.74, 6) is 0.922. The molecular weight excluding hydrogens is 410 g/mol. The topological polar surface area (TPSA) is 73.2 Å². The maximum absolute atomic E-state index is 13.0. The molecule has 0 saturated heterocycles. The molecule has 0 spiro atoms. The van der Waals surface area contributed by atoms with Crippen LogP contribution in [0.5, 0.6) is 5.75 Å². The van der Waals surface area contributed by atoms with Crippen LogP contribution in [-0.4, -0.2) is 28.3 Å². The van der Waals surface area contributed by atoms with E-state index in [1.165, 1.54) is 11.8 Å². The van der Waals surface area contributed by atoms with E-state index in [-0.39, 0.29) is 23.1 Å². The summed E-state index contributed by atoms with van der Waals surface area (Å²) in [5.41, 5.74) is 1.10. The third-order valence-electron chi connectivity index (χ3n) is 4.14. The van der Waals surface area contributed by atoms with E-state index in [4.69, 9.17) is 16.3 Å². The minimum absolute atomic E-state index is 0.135. The summed E-state index contributed by atoms with van der Waals surface area (Å²) < 4.78 is 6.73. The Morgan fingerprint density at radius 3 is 2.62 bits per heavy atom. The average Bonchev–Trinajstić information content (AvgIpc) is 2.69. The first kappa shape index (κ1) is 21.2. The Balaban J connectivity index is 1.81. The van der Waals surface area contributed by atoms with E-state index < -0.39 is 0 Å². The van der Waals surface area contributed by atoms with Gasteiger partial charge in [0.1, 0.15) is 5.75 Å². The summed E-state index contributed by atoms with van der Waals surface area (Å²) in [6.07, 6.45) is 0. The highest BCUT2D eigenvalue weighted by atomic mass is 35.5. The molecule has 1 heterocycles. The van der Waals surface area contributed by atoms with E-state index >= 15 is 0 Å². The van der Waals surface area contributed by atoms with Crippen LogP contribution in [0.15, 0.2) is 52.4 Å². The van der Waals surface area contributed by atoms with Gasteiger partial charge in [0.15, 0.2) is 5.16 Å². The first-order valence-electron chi connectivity index (χ1n) is 9.14. The van der Waals surface area contributed by atoms with Crippen LogP contribution in [0.1, 0.15) is 13.8 Å². The number of nitrogens with one attached hydrogen (secondary N) is 1. The van der Waals surface area contributed by atoms with E-state index in [2.05, 4.69) is 10.3 Å². The van der Waals surface area contributed by atoms with Crippen LogP contribution >= 0.6 is 23.4 Å². The maximum Gasteiger partial charge on any atom is 0.262 e. The number of ether oxygens (including phenoxy) is 1. The summed E-state index contributed by atoms with van der Waals surface area (Å²) in [4.78, 5) is 29.9. The van der Waals surface area contributed by atoms with Gasteiger partial charge in [0.25, 0.3) is 5.56 Å². The molecule has 0 bridgehead atoms. The van der Waals surface area contributed by atoms with E-state index in [1.54, 1.807) is 54.1 Å². The Labute approximate surface area is 178 Å². The number of amides is 1. The van der Waals surface area contributed by atoms with Crippen molar-refractivity contribution in [2.45, 2.75) is 25.5 Å². The second-order valence-electron chi connectivity index (χ2n) is 6.93. The van der Waals surface area contributed by atoms with E-state index in [0.29, 0.717) is 33.3 Å². The second kappa shape index (κ2) is 9.33. The van der Waals surface area contributed by atoms with Gasteiger partial charge in [-0.2, -0.15) is 0 Å². The number of nitrogens with zero attached hydrogens (tertiary/aromatic N) is 2. The standard InChI is InChI=1S/C21H22ClN3O3S/c1-13(2)11-25-20(27)17-10-14(22)4-9-18(17)24-21(25)29-12-19(26)23-15-5-7-16(28-3)8-6-15/h4-10,13H,11-12H2,1-3H3,(H,23,26). The Hall–Kier alpha value is -2.51. The lowest BCUT2D eigenvalue weighted by atomic mass is 10.2. The number of thioether (sulfide) groups is 1. The summed E-state index contributed by atoms with van der Waals surface area (Å²) in [7, 11) is 1.59. The molecule has 3 aromatic rings. The van der Waals surface area contributed by atoms with Crippen molar-refractivity contribution in [2.75, 3.05) is 18.2 Å². The molecule has 2 aromatic carbocycles. The van der Waals surface area contributed by atoms with Crippen molar-refractivity contribution in [1.29, 1.82) is 0 Å². The lowest BCUT2D eigenvalue weighted by molar-refractivity contribution is -0.113. The Morgan fingerprint density at radius 2 is 1.97 bits per heavy atom. The molecule has 1 aromatic heterocycles. The number of anilines is 1. The molecule has 29 heavy (non-hydrogen) atoms. The summed E-state index contributed by atoms with van der Waals surface area (Å²) in [6.45, 7) is 4.57. The number of rotatable bonds is 7. The molecule has 1 amide bonds. The lowest BCUT2D eigenvalue weighted by Gasteiger charge is -2.15. The van der Waals surface area contributed by atoms with E-state index in [9.17, 15) is 9.59 Å². The zero-order chi connectivity index (χ0) is 21.0. The zero-order valence-electron chi connectivity index (χ0n) is 16.4. The fraction of sp³-hybridized carbons (Fsp3) is 0.286. The minimum atomic E-state index is -0.179. The number of fused-ring (bicyclic) bond motifs is 1. The van der Waals surface area contributed by atoms with Crippen LogP contribution in [0.4, 0.5) is 5.69 Å². The summed E-state index contributed by atoms with van der Waals surface area (Å²) in [6, 6.07) is 12.2. The molecule has 8 heteroatoms. The molecule has 3 rings (SSSR count). The van der Waals surface area contributed by atoms with E-state index in [0.717, 1.165) is 5.75 Å². The van der Waals surface area contributed by atoms with Gasteiger partial charge in [-0.25, -0.2) is 4.98 Å². The van der Waals surface area contributed by atoms with Gasteiger partial charge in [0.2, 0.25) is 5.91 Å². The molecule has 0 fully saturated rings. The van der Waals surface area contributed by atoms with Crippen molar-refractivity contribution >= 4 is 45.9 Å². The molecule has 0 aliphatic carbocycles. The minimum Gasteiger partial charge on any atom is -0.497 e. The monoisotopic (exact) mass is 431 g/mol. The van der Waals surface area contributed by atoms with Crippen LogP contribution in [0.3, 0.4) is 0 Å². The first-order chi connectivity index (χ1) is 13.9. The van der Waals surface area contributed by atoms with Crippen LogP contribution in [0, 0.1) is 5.92 Å². The molecule has 6 nitrogen and oxygen atoms in total. The van der Waals surface area contributed by atoms with Crippen LogP contribution < -0.4 is 15.6 Å².